The smallest absolute Gasteiger partial charge is 0.368 e. The molecular formula is C13H15F3N4S. The van der Waals surface area contributed by atoms with Crippen LogP contribution < -0.4 is 5.32 Å². The van der Waals surface area contributed by atoms with Gasteiger partial charge in [-0.1, -0.05) is 0 Å². The second-order valence-corrected chi connectivity index (χ2v) is 6.16. The molecule has 0 aromatic carbocycles. The summed E-state index contributed by atoms with van der Waals surface area (Å²) in [5.41, 5.74) is 0.891. The largest absolute Gasteiger partial charge is 0.401 e. The molecule has 2 aromatic rings. The molecule has 8 heteroatoms. The molecule has 0 spiro atoms. The Morgan fingerprint density at radius 2 is 2.24 bits per heavy atom. The molecule has 114 valence electrons. The monoisotopic (exact) mass is 316 g/mol. The third-order valence-corrected chi connectivity index (χ3v) is 4.48. The Balaban J connectivity index is 1.56. The summed E-state index contributed by atoms with van der Waals surface area (Å²) < 4.78 is 38.0. The van der Waals surface area contributed by atoms with Crippen LogP contribution in [0.15, 0.2) is 17.8 Å². The molecule has 0 aliphatic carbocycles. The lowest BCUT2D eigenvalue weighted by Gasteiger charge is -2.18. The first kappa shape index (κ1) is 14.5. The van der Waals surface area contributed by atoms with Crippen molar-refractivity contribution in [3.05, 3.63) is 17.8 Å². The Morgan fingerprint density at radius 3 is 3.05 bits per heavy atom. The highest BCUT2D eigenvalue weighted by Crippen LogP contribution is 2.26. The summed E-state index contributed by atoms with van der Waals surface area (Å²) in [6.07, 6.45) is -1.83. The van der Waals surface area contributed by atoms with E-state index >= 15 is 0 Å². The molecule has 0 bridgehead atoms. The van der Waals surface area contributed by atoms with Crippen LogP contribution in [0.25, 0.3) is 10.2 Å². The second-order valence-electron chi connectivity index (χ2n) is 5.24. The van der Waals surface area contributed by atoms with Crippen molar-refractivity contribution < 1.29 is 13.2 Å². The van der Waals surface area contributed by atoms with Crippen LogP contribution in [0.5, 0.6) is 0 Å². The van der Waals surface area contributed by atoms with Gasteiger partial charge in [0.15, 0.2) is 0 Å². The number of likely N-dealkylation sites (tertiary alicyclic amines) is 1. The van der Waals surface area contributed by atoms with Crippen molar-refractivity contribution in [3.63, 3.8) is 0 Å². The number of halogens is 3. The SMILES string of the molecule is FC(F)(F)CN1CCC(CNc2ncnc3ccsc23)C1. The average Bonchev–Trinajstić information content (AvgIpc) is 3.03. The van der Waals surface area contributed by atoms with Crippen LogP contribution in [0.3, 0.4) is 0 Å². The zero-order chi connectivity index (χ0) is 14.9. The van der Waals surface area contributed by atoms with Gasteiger partial charge in [-0.2, -0.15) is 13.2 Å². The van der Waals surface area contributed by atoms with E-state index in [0.29, 0.717) is 19.6 Å². The quantitative estimate of drug-likeness (QED) is 0.941. The zero-order valence-corrected chi connectivity index (χ0v) is 12.0. The van der Waals surface area contributed by atoms with E-state index in [-0.39, 0.29) is 5.92 Å². The number of anilines is 1. The lowest BCUT2D eigenvalue weighted by Crippen LogP contribution is -2.33. The molecular weight excluding hydrogens is 301 g/mol. The van der Waals surface area contributed by atoms with Gasteiger partial charge in [0.1, 0.15) is 12.1 Å². The normalized spacial score (nSPS) is 20.2. The van der Waals surface area contributed by atoms with Crippen molar-refractivity contribution in [1.29, 1.82) is 0 Å². The van der Waals surface area contributed by atoms with Crippen LogP contribution in [-0.2, 0) is 0 Å². The third kappa shape index (κ3) is 3.62. The second kappa shape index (κ2) is 5.76. The lowest BCUT2D eigenvalue weighted by molar-refractivity contribution is -0.143. The molecule has 3 heterocycles. The number of alkyl halides is 3. The first-order valence-corrected chi connectivity index (χ1v) is 7.60. The fourth-order valence-electron chi connectivity index (χ4n) is 2.63. The molecule has 1 aliphatic heterocycles. The number of rotatable bonds is 4. The van der Waals surface area contributed by atoms with Crippen LogP contribution in [0, 0.1) is 5.92 Å². The van der Waals surface area contributed by atoms with E-state index in [9.17, 15) is 13.2 Å². The molecule has 21 heavy (non-hydrogen) atoms. The van der Waals surface area contributed by atoms with Gasteiger partial charge in [0.25, 0.3) is 0 Å². The van der Waals surface area contributed by atoms with Crippen LogP contribution in [0.4, 0.5) is 19.0 Å². The number of fused-ring (bicyclic) bond motifs is 1. The van der Waals surface area contributed by atoms with Crippen molar-refractivity contribution >= 4 is 27.4 Å². The van der Waals surface area contributed by atoms with Crippen molar-refractivity contribution in [3.8, 4) is 0 Å². The number of nitrogens with one attached hydrogen (secondary N) is 1. The summed E-state index contributed by atoms with van der Waals surface area (Å²) in [5.74, 6) is 0.988. The fraction of sp³-hybridized carbons (Fsp3) is 0.538. The molecule has 1 fully saturated rings. The highest BCUT2D eigenvalue weighted by atomic mass is 32.1. The Labute approximate surface area is 124 Å². The fourth-order valence-corrected chi connectivity index (χ4v) is 3.44. The minimum Gasteiger partial charge on any atom is -0.368 e. The lowest BCUT2D eigenvalue weighted by atomic mass is 10.1. The van der Waals surface area contributed by atoms with Gasteiger partial charge in [0, 0.05) is 13.1 Å². The van der Waals surface area contributed by atoms with E-state index in [2.05, 4.69) is 15.3 Å². The Kier molecular flexibility index (Phi) is 3.99. The maximum Gasteiger partial charge on any atom is 0.401 e. The standard InChI is InChI=1S/C13H15F3N4S/c14-13(15,16)7-20-3-1-9(6-20)5-17-12-11-10(2-4-21-11)18-8-19-12/h2,4,8-9H,1,3,5-7H2,(H,17,18,19). The highest BCUT2D eigenvalue weighted by molar-refractivity contribution is 7.17. The minimum atomic E-state index is -4.11. The van der Waals surface area contributed by atoms with E-state index in [1.807, 2.05) is 11.4 Å². The molecule has 1 aliphatic rings. The Hall–Kier alpha value is -1.41. The maximum absolute atomic E-state index is 12.4. The van der Waals surface area contributed by atoms with E-state index in [1.54, 1.807) is 11.3 Å². The molecule has 0 radical (unpaired) electrons. The molecule has 4 nitrogen and oxygen atoms in total. The zero-order valence-electron chi connectivity index (χ0n) is 11.2. The van der Waals surface area contributed by atoms with Gasteiger partial charge in [-0.05, 0) is 30.3 Å². The first-order chi connectivity index (χ1) is 10.0. The summed E-state index contributed by atoms with van der Waals surface area (Å²) in [6.45, 7) is 0.805. The average molecular weight is 316 g/mol. The molecule has 2 aromatic heterocycles. The Morgan fingerprint density at radius 1 is 1.38 bits per heavy atom. The van der Waals surface area contributed by atoms with Crippen LogP contribution >= 0.6 is 11.3 Å². The van der Waals surface area contributed by atoms with E-state index < -0.39 is 12.7 Å². The number of nitrogens with zero attached hydrogens (tertiary/aromatic N) is 3. The Bertz CT molecular complexity index is 613. The summed E-state index contributed by atoms with van der Waals surface area (Å²) in [7, 11) is 0. The molecule has 0 amide bonds. The summed E-state index contributed by atoms with van der Waals surface area (Å²) in [5, 5.41) is 5.20. The number of aromatic nitrogens is 2. The molecule has 1 unspecified atom stereocenters. The van der Waals surface area contributed by atoms with Gasteiger partial charge in [0.05, 0.1) is 16.8 Å². The number of hydrogen-bond donors (Lipinski definition) is 1. The van der Waals surface area contributed by atoms with E-state index in [0.717, 1.165) is 22.5 Å². The van der Waals surface area contributed by atoms with Gasteiger partial charge in [-0.3, -0.25) is 4.90 Å². The summed E-state index contributed by atoms with van der Waals surface area (Å²) in [4.78, 5) is 9.84. The highest BCUT2D eigenvalue weighted by Gasteiger charge is 2.34. The van der Waals surface area contributed by atoms with Gasteiger partial charge >= 0.3 is 6.18 Å². The minimum absolute atomic E-state index is 0.220. The molecule has 0 saturated carbocycles. The van der Waals surface area contributed by atoms with E-state index in [4.69, 9.17) is 0 Å². The first-order valence-electron chi connectivity index (χ1n) is 6.72. The van der Waals surface area contributed by atoms with Crippen molar-refractivity contribution in [2.45, 2.75) is 12.6 Å². The predicted octanol–water partition coefficient (Wildman–Crippen LogP) is 2.99. The van der Waals surface area contributed by atoms with Crippen LogP contribution in [-0.4, -0.2) is 47.2 Å². The number of hydrogen-bond acceptors (Lipinski definition) is 5. The number of thiophene rings is 1. The van der Waals surface area contributed by atoms with Crippen molar-refractivity contribution in [2.24, 2.45) is 5.92 Å². The molecule has 1 saturated heterocycles. The summed E-state index contributed by atoms with van der Waals surface area (Å²) in [6, 6.07) is 1.92. The molecule has 1 atom stereocenters. The van der Waals surface area contributed by atoms with E-state index in [1.165, 1.54) is 11.2 Å². The van der Waals surface area contributed by atoms with Crippen molar-refractivity contribution in [1.82, 2.24) is 14.9 Å². The molecule has 1 N–H and O–H groups in total. The van der Waals surface area contributed by atoms with Gasteiger partial charge < -0.3 is 5.32 Å². The predicted molar refractivity (Wildman–Crippen MR) is 76.5 cm³/mol. The van der Waals surface area contributed by atoms with Gasteiger partial charge in [0.2, 0.25) is 0 Å². The topological polar surface area (TPSA) is 41.0 Å². The summed E-state index contributed by atoms with van der Waals surface area (Å²) >= 11 is 1.56. The van der Waals surface area contributed by atoms with Crippen LogP contribution in [0.1, 0.15) is 6.42 Å². The third-order valence-electron chi connectivity index (χ3n) is 3.57. The van der Waals surface area contributed by atoms with Gasteiger partial charge in [-0.25, -0.2) is 9.97 Å². The maximum atomic E-state index is 12.4. The van der Waals surface area contributed by atoms with Crippen molar-refractivity contribution in [2.75, 3.05) is 31.5 Å². The van der Waals surface area contributed by atoms with Gasteiger partial charge in [-0.15, -0.1) is 11.3 Å². The van der Waals surface area contributed by atoms with Crippen LogP contribution in [0.2, 0.25) is 0 Å². The molecule has 3 rings (SSSR count).